The van der Waals surface area contributed by atoms with Crippen molar-refractivity contribution in [2.75, 3.05) is 13.2 Å². The van der Waals surface area contributed by atoms with E-state index >= 15 is 0 Å². The minimum Gasteiger partial charge on any atom is -0.462 e. The highest BCUT2D eigenvalue weighted by Gasteiger charge is 2.19. The second-order valence-corrected chi connectivity index (χ2v) is 19.5. The van der Waals surface area contributed by atoms with Crippen LogP contribution in [0.25, 0.3) is 0 Å². The highest BCUT2D eigenvalue weighted by Crippen LogP contribution is 2.14. The molecule has 0 heterocycles. The standard InChI is InChI=1S/C71H110O6/c1-4-7-10-13-16-19-22-25-27-29-31-33-34-35-36-38-39-41-43-46-49-52-55-58-61-64-70(73)76-67-68(66-75-69(72)63-60-57-54-51-48-45-24-21-18-15-12-9-6-3)77-71(74)65-62-59-56-53-50-47-44-42-40-37-32-30-28-26-23-20-17-14-11-8-5-2/h7-12,16-21,25-28,31-33,35-37,39,41,45-46,48-49,68H,4-6,13-15,22-24,29-30,34,38,40,42-44,47,50-67H2,1-3H3/b10-7-,11-8-,12-9-,19-16-,20-17-,21-18-,27-25-,28-26-,33-31-,36-35-,37-32-,41-39-,48-45-,49-46-. The Kier molecular flexibility index (Phi) is 59.0. The Hall–Kier alpha value is -5.23. The van der Waals surface area contributed by atoms with E-state index in [9.17, 15) is 14.4 Å². The van der Waals surface area contributed by atoms with Crippen molar-refractivity contribution in [3.05, 3.63) is 170 Å². The summed E-state index contributed by atoms with van der Waals surface area (Å²) in [5, 5.41) is 0. The third-order valence-electron chi connectivity index (χ3n) is 12.2. The number of carbonyl (C=O) groups is 3. The highest BCUT2D eigenvalue weighted by molar-refractivity contribution is 5.71. The van der Waals surface area contributed by atoms with Crippen LogP contribution in [0.4, 0.5) is 0 Å². The molecule has 1 atom stereocenters. The number of carbonyl (C=O) groups excluding carboxylic acids is 3. The number of esters is 3. The number of ether oxygens (including phenoxy) is 3. The van der Waals surface area contributed by atoms with Crippen LogP contribution >= 0.6 is 0 Å². The largest absolute Gasteiger partial charge is 0.462 e. The van der Waals surface area contributed by atoms with Crippen molar-refractivity contribution in [3.63, 3.8) is 0 Å². The van der Waals surface area contributed by atoms with Gasteiger partial charge < -0.3 is 14.2 Å². The predicted molar refractivity (Wildman–Crippen MR) is 334 cm³/mol. The summed E-state index contributed by atoms with van der Waals surface area (Å²) in [6.07, 6.45) is 93.5. The van der Waals surface area contributed by atoms with Crippen LogP contribution in [0.2, 0.25) is 0 Å². The Morgan fingerprint density at radius 3 is 0.740 bits per heavy atom. The minimum absolute atomic E-state index is 0.116. The molecule has 0 aliphatic heterocycles. The molecule has 0 rings (SSSR count). The van der Waals surface area contributed by atoms with Crippen LogP contribution in [0.5, 0.6) is 0 Å². The van der Waals surface area contributed by atoms with Crippen molar-refractivity contribution >= 4 is 17.9 Å². The maximum absolute atomic E-state index is 12.9. The van der Waals surface area contributed by atoms with Gasteiger partial charge in [0.2, 0.25) is 0 Å². The summed E-state index contributed by atoms with van der Waals surface area (Å²) < 4.78 is 16.8. The van der Waals surface area contributed by atoms with Gasteiger partial charge in [0.1, 0.15) is 13.2 Å². The van der Waals surface area contributed by atoms with Gasteiger partial charge in [-0.3, -0.25) is 14.4 Å². The Morgan fingerprint density at radius 1 is 0.260 bits per heavy atom. The van der Waals surface area contributed by atoms with E-state index in [1.807, 2.05) is 0 Å². The maximum Gasteiger partial charge on any atom is 0.306 e. The molecule has 430 valence electrons. The van der Waals surface area contributed by atoms with Crippen LogP contribution < -0.4 is 0 Å². The molecule has 0 aliphatic rings. The molecule has 0 spiro atoms. The zero-order valence-electron chi connectivity index (χ0n) is 49.1. The molecule has 0 aromatic rings. The molecular weight excluding hydrogens is 949 g/mol. The Morgan fingerprint density at radius 2 is 0.468 bits per heavy atom. The van der Waals surface area contributed by atoms with Crippen LogP contribution in [0.1, 0.15) is 239 Å². The summed E-state index contributed by atoms with van der Waals surface area (Å²) in [6.45, 7) is 6.22. The summed E-state index contributed by atoms with van der Waals surface area (Å²) in [6, 6.07) is 0. The van der Waals surface area contributed by atoms with Gasteiger partial charge in [0.15, 0.2) is 6.10 Å². The highest BCUT2D eigenvalue weighted by atomic mass is 16.6. The van der Waals surface area contributed by atoms with E-state index in [0.717, 1.165) is 167 Å². The van der Waals surface area contributed by atoms with Gasteiger partial charge in [-0.1, -0.05) is 242 Å². The van der Waals surface area contributed by atoms with Crippen molar-refractivity contribution < 1.29 is 28.6 Å². The molecule has 0 aliphatic carbocycles. The lowest BCUT2D eigenvalue weighted by atomic mass is 10.1. The van der Waals surface area contributed by atoms with Gasteiger partial charge in [-0.2, -0.15) is 0 Å². The number of hydrogen-bond acceptors (Lipinski definition) is 6. The van der Waals surface area contributed by atoms with E-state index in [1.54, 1.807) is 0 Å². The van der Waals surface area contributed by atoms with E-state index in [-0.39, 0.29) is 31.1 Å². The second kappa shape index (κ2) is 63.3. The monoisotopic (exact) mass is 1060 g/mol. The first kappa shape index (κ1) is 71.8. The molecule has 0 aromatic carbocycles. The Bertz CT molecular complexity index is 1790. The van der Waals surface area contributed by atoms with Gasteiger partial charge in [-0.05, 0) is 148 Å². The van der Waals surface area contributed by atoms with Crippen molar-refractivity contribution in [3.8, 4) is 0 Å². The van der Waals surface area contributed by atoms with Gasteiger partial charge in [0.25, 0.3) is 0 Å². The van der Waals surface area contributed by atoms with Crippen LogP contribution in [0, 0.1) is 0 Å². The normalized spacial score (nSPS) is 13.3. The van der Waals surface area contributed by atoms with Crippen molar-refractivity contribution in [2.24, 2.45) is 0 Å². The second-order valence-electron chi connectivity index (χ2n) is 19.5. The SMILES string of the molecule is CC/C=C\C/C=C\C/C=C\C/C=C\C/C=C\C/C=C\C/C=C\CCCCCC(=O)OCC(COC(=O)CCCCC/C=C\C/C=C\C/C=C\CC)OC(=O)CCCCCCCCCC/C=C\C/C=C\C/C=C\C/C=C\CC. The molecule has 0 bridgehead atoms. The van der Waals surface area contributed by atoms with Crippen molar-refractivity contribution in [2.45, 2.75) is 245 Å². The molecular formula is C71H110O6. The molecule has 77 heavy (non-hydrogen) atoms. The van der Waals surface area contributed by atoms with Gasteiger partial charge in [0.05, 0.1) is 0 Å². The lowest BCUT2D eigenvalue weighted by molar-refractivity contribution is -0.167. The van der Waals surface area contributed by atoms with E-state index in [0.29, 0.717) is 19.3 Å². The first-order valence-corrected chi connectivity index (χ1v) is 30.6. The lowest BCUT2D eigenvalue weighted by Crippen LogP contribution is -2.30. The molecule has 0 fully saturated rings. The zero-order valence-corrected chi connectivity index (χ0v) is 49.1. The van der Waals surface area contributed by atoms with E-state index in [1.165, 1.54) is 32.1 Å². The fraction of sp³-hybridized carbons (Fsp3) is 0.563. The quantitative estimate of drug-likeness (QED) is 0.0261. The fourth-order valence-electron chi connectivity index (χ4n) is 7.72. The van der Waals surface area contributed by atoms with Crippen molar-refractivity contribution in [1.82, 2.24) is 0 Å². The molecule has 0 aromatic heterocycles. The minimum atomic E-state index is -0.819. The number of unbranched alkanes of at least 4 members (excludes halogenated alkanes) is 14. The molecule has 6 heteroatoms. The van der Waals surface area contributed by atoms with Crippen LogP contribution in [-0.2, 0) is 28.6 Å². The predicted octanol–water partition coefficient (Wildman–Crippen LogP) is 21.1. The van der Waals surface area contributed by atoms with Crippen LogP contribution in [0.15, 0.2) is 170 Å². The van der Waals surface area contributed by atoms with Gasteiger partial charge in [-0.15, -0.1) is 0 Å². The van der Waals surface area contributed by atoms with E-state index in [4.69, 9.17) is 14.2 Å². The smallest absolute Gasteiger partial charge is 0.306 e. The van der Waals surface area contributed by atoms with Gasteiger partial charge in [0, 0.05) is 19.3 Å². The van der Waals surface area contributed by atoms with Gasteiger partial charge in [-0.25, -0.2) is 0 Å². The van der Waals surface area contributed by atoms with Crippen molar-refractivity contribution in [1.29, 1.82) is 0 Å². The third-order valence-corrected chi connectivity index (χ3v) is 12.2. The Balaban J connectivity index is 4.49. The lowest BCUT2D eigenvalue weighted by Gasteiger charge is -2.18. The first-order chi connectivity index (χ1) is 38.0. The average Bonchev–Trinajstić information content (AvgIpc) is 3.43. The van der Waals surface area contributed by atoms with Gasteiger partial charge >= 0.3 is 17.9 Å². The summed E-state index contributed by atoms with van der Waals surface area (Å²) in [7, 11) is 0. The maximum atomic E-state index is 12.9. The molecule has 0 N–H and O–H groups in total. The van der Waals surface area contributed by atoms with Crippen LogP contribution in [-0.4, -0.2) is 37.2 Å². The fourth-order valence-corrected chi connectivity index (χ4v) is 7.72. The summed E-state index contributed by atoms with van der Waals surface area (Å²) in [5.74, 6) is -0.991. The zero-order chi connectivity index (χ0) is 55.7. The summed E-state index contributed by atoms with van der Waals surface area (Å²) in [4.78, 5) is 38.3. The molecule has 6 nitrogen and oxygen atoms in total. The van der Waals surface area contributed by atoms with E-state index in [2.05, 4.69) is 191 Å². The first-order valence-electron chi connectivity index (χ1n) is 30.6. The Labute approximate surface area is 472 Å². The molecule has 0 amide bonds. The summed E-state index contributed by atoms with van der Waals surface area (Å²) >= 11 is 0. The number of rotatable bonds is 53. The molecule has 1 unspecified atom stereocenters. The summed E-state index contributed by atoms with van der Waals surface area (Å²) in [5.41, 5.74) is 0. The molecule has 0 saturated carbocycles. The topological polar surface area (TPSA) is 78.9 Å². The van der Waals surface area contributed by atoms with E-state index < -0.39 is 6.10 Å². The third kappa shape index (κ3) is 61.5. The number of allylic oxidation sites excluding steroid dienone is 28. The molecule has 0 radical (unpaired) electrons. The van der Waals surface area contributed by atoms with Crippen LogP contribution in [0.3, 0.4) is 0 Å². The average molecular weight is 1060 g/mol. The number of hydrogen-bond donors (Lipinski definition) is 0. The molecule has 0 saturated heterocycles.